The van der Waals surface area contributed by atoms with Crippen LogP contribution in [0, 0.1) is 13.8 Å². The first-order chi connectivity index (χ1) is 21.2. The van der Waals surface area contributed by atoms with E-state index >= 15 is 0 Å². The molecule has 0 bridgehead atoms. The number of fused-ring (bicyclic) bond motifs is 1. The number of aryl methyl sites for hydroxylation is 2. The first kappa shape index (κ1) is 30.6. The number of carbonyl (C=O) groups excluding carboxylic acids is 1. The van der Waals surface area contributed by atoms with Crippen molar-refractivity contribution in [1.82, 2.24) is 19.1 Å². The van der Waals surface area contributed by atoms with Crippen molar-refractivity contribution in [1.29, 1.82) is 0 Å². The van der Waals surface area contributed by atoms with Crippen LogP contribution in [-0.2, 0) is 27.9 Å². The van der Waals surface area contributed by atoms with Gasteiger partial charge in [0.05, 0.1) is 11.9 Å². The molecule has 2 fully saturated rings. The summed E-state index contributed by atoms with van der Waals surface area (Å²) in [5.74, 6) is 0.553. The standard InChI is InChI=1S/C36H44N4O3S/c1-26-10-9-11-27(2)35(26)28-16-20-38(21-17-28)24-32-31-14-7-8-15-33(31)40(36(32)29-12-5-4-6-13-29)25-34(41)37-30-18-22-39(23-19-30)44(3,42)43/h4-15,28,30H,16-25H2,1-3H3,(H,37,41). The molecule has 1 aromatic heterocycles. The quantitative estimate of drug-likeness (QED) is 0.271. The number of likely N-dealkylation sites (tertiary alicyclic amines) is 1. The van der Waals surface area contributed by atoms with Gasteiger partial charge in [-0.1, -0.05) is 66.7 Å². The van der Waals surface area contributed by atoms with Crippen LogP contribution >= 0.6 is 0 Å². The van der Waals surface area contributed by atoms with E-state index in [9.17, 15) is 13.2 Å². The van der Waals surface area contributed by atoms with E-state index in [1.165, 1.54) is 38.2 Å². The Balaban J connectivity index is 1.25. The lowest BCUT2D eigenvalue weighted by Crippen LogP contribution is -2.46. The summed E-state index contributed by atoms with van der Waals surface area (Å²) in [6, 6.07) is 25.5. The number of nitrogens with one attached hydrogen (secondary N) is 1. The number of carbonyl (C=O) groups is 1. The van der Waals surface area contributed by atoms with Crippen LogP contribution in [0.1, 0.15) is 53.9 Å². The van der Waals surface area contributed by atoms with E-state index < -0.39 is 10.0 Å². The zero-order valence-electron chi connectivity index (χ0n) is 26.1. The first-order valence-electron chi connectivity index (χ1n) is 15.9. The fourth-order valence-corrected chi connectivity index (χ4v) is 8.32. The molecule has 0 radical (unpaired) electrons. The molecule has 44 heavy (non-hydrogen) atoms. The normalized spacial score (nSPS) is 17.7. The number of aromatic nitrogens is 1. The number of hydrogen-bond donors (Lipinski definition) is 1. The third-order valence-corrected chi connectivity index (χ3v) is 10.9. The Bertz CT molecular complexity index is 1710. The molecule has 2 aliphatic rings. The first-order valence-corrected chi connectivity index (χ1v) is 17.7. The fourth-order valence-electron chi connectivity index (χ4n) is 7.45. The molecule has 2 aliphatic heterocycles. The molecular formula is C36H44N4O3S. The van der Waals surface area contributed by atoms with Gasteiger partial charge in [-0.2, -0.15) is 0 Å². The van der Waals surface area contributed by atoms with Crippen LogP contribution in [0.5, 0.6) is 0 Å². The van der Waals surface area contributed by atoms with Gasteiger partial charge in [-0.15, -0.1) is 0 Å². The van der Waals surface area contributed by atoms with E-state index in [1.54, 1.807) is 0 Å². The van der Waals surface area contributed by atoms with Crippen LogP contribution in [0.2, 0.25) is 0 Å². The summed E-state index contributed by atoms with van der Waals surface area (Å²) in [5.41, 5.74) is 8.88. The van der Waals surface area contributed by atoms with Gasteiger partial charge in [0.25, 0.3) is 0 Å². The van der Waals surface area contributed by atoms with Gasteiger partial charge in [-0.05, 0) is 92.4 Å². The van der Waals surface area contributed by atoms with Crippen LogP contribution in [0.3, 0.4) is 0 Å². The second-order valence-corrected chi connectivity index (χ2v) is 14.6. The summed E-state index contributed by atoms with van der Waals surface area (Å²) in [4.78, 5) is 16.1. The topological polar surface area (TPSA) is 74.7 Å². The molecule has 0 atom stereocenters. The van der Waals surface area contributed by atoms with Crippen molar-refractivity contribution >= 4 is 26.8 Å². The highest BCUT2D eigenvalue weighted by atomic mass is 32.2. The molecule has 3 heterocycles. The molecule has 0 aliphatic carbocycles. The second-order valence-electron chi connectivity index (χ2n) is 12.7. The van der Waals surface area contributed by atoms with Gasteiger partial charge in [-0.3, -0.25) is 9.69 Å². The Kier molecular flexibility index (Phi) is 8.94. The SMILES string of the molecule is Cc1cccc(C)c1C1CCN(Cc2c(-c3ccccc3)n(CC(=O)NC3CCN(S(C)(=O)=O)CC3)c3ccccc23)CC1. The second kappa shape index (κ2) is 12.9. The van der Waals surface area contributed by atoms with E-state index in [2.05, 4.69) is 89.3 Å². The summed E-state index contributed by atoms with van der Waals surface area (Å²) in [7, 11) is -3.21. The highest BCUT2D eigenvalue weighted by Crippen LogP contribution is 2.37. The molecular weight excluding hydrogens is 568 g/mol. The largest absolute Gasteiger partial charge is 0.352 e. The monoisotopic (exact) mass is 612 g/mol. The maximum atomic E-state index is 13.5. The third-order valence-electron chi connectivity index (χ3n) is 9.63. The molecule has 232 valence electrons. The lowest BCUT2D eigenvalue weighted by atomic mass is 9.84. The molecule has 1 amide bonds. The molecule has 0 saturated carbocycles. The number of sulfonamides is 1. The predicted octanol–water partition coefficient (Wildman–Crippen LogP) is 5.84. The number of benzene rings is 3. The number of para-hydroxylation sites is 1. The Morgan fingerprint density at radius 1 is 0.818 bits per heavy atom. The van der Waals surface area contributed by atoms with E-state index in [-0.39, 0.29) is 18.5 Å². The van der Waals surface area contributed by atoms with Gasteiger partial charge in [0, 0.05) is 36.6 Å². The minimum atomic E-state index is -3.21. The average Bonchev–Trinajstić information content (AvgIpc) is 3.30. The van der Waals surface area contributed by atoms with Crippen LogP contribution in [0.15, 0.2) is 72.8 Å². The van der Waals surface area contributed by atoms with Gasteiger partial charge >= 0.3 is 0 Å². The van der Waals surface area contributed by atoms with Crippen LogP contribution in [0.4, 0.5) is 0 Å². The molecule has 7 nitrogen and oxygen atoms in total. The van der Waals surface area contributed by atoms with Crippen LogP contribution in [0.25, 0.3) is 22.2 Å². The minimum Gasteiger partial charge on any atom is -0.352 e. The molecule has 1 N–H and O–H groups in total. The Hall–Kier alpha value is -3.46. The van der Waals surface area contributed by atoms with Gasteiger partial charge in [0.15, 0.2) is 0 Å². The van der Waals surface area contributed by atoms with Crippen molar-refractivity contribution < 1.29 is 13.2 Å². The number of piperidine rings is 2. The summed E-state index contributed by atoms with van der Waals surface area (Å²) in [5, 5.41) is 4.40. The summed E-state index contributed by atoms with van der Waals surface area (Å²) >= 11 is 0. The highest BCUT2D eigenvalue weighted by Gasteiger charge is 2.28. The van der Waals surface area contributed by atoms with Crippen molar-refractivity contribution in [3.8, 4) is 11.3 Å². The maximum absolute atomic E-state index is 13.5. The predicted molar refractivity (Wildman–Crippen MR) is 178 cm³/mol. The molecule has 0 spiro atoms. The Morgan fingerprint density at radius 3 is 2.11 bits per heavy atom. The highest BCUT2D eigenvalue weighted by molar-refractivity contribution is 7.88. The van der Waals surface area contributed by atoms with E-state index in [4.69, 9.17) is 0 Å². The van der Waals surface area contributed by atoms with Gasteiger partial charge < -0.3 is 9.88 Å². The van der Waals surface area contributed by atoms with Crippen molar-refractivity contribution in [3.63, 3.8) is 0 Å². The lowest BCUT2D eigenvalue weighted by Gasteiger charge is -2.33. The average molecular weight is 613 g/mol. The molecule has 6 rings (SSSR count). The van der Waals surface area contributed by atoms with Crippen molar-refractivity contribution in [2.24, 2.45) is 0 Å². The Morgan fingerprint density at radius 2 is 1.45 bits per heavy atom. The van der Waals surface area contributed by atoms with Crippen molar-refractivity contribution in [2.75, 3.05) is 32.4 Å². The van der Waals surface area contributed by atoms with Gasteiger partial charge in [0.1, 0.15) is 6.54 Å². The fraction of sp³-hybridized carbons (Fsp3) is 0.417. The zero-order chi connectivity index (χ0) is 30.8. The molecule has 0 unspecified atom stereocenters. The number of hydrogen-bond acceptors (Lipinski definition) is 4. The zero-order valence-corrected chi connectivity index (χ0v) is 26.9. The van der Waals surface area contributed by atoms with Crippen LogP contribution in [-0.4, -0.2) is 66.6 Å². The van der Waals surface area contributed by atoms with Crippen LogP contribution < -0.4 is 5.32 Å². The molecule has 2 saturated heterocycles. The smallest absolute Gasteiger partial charge is 0.240 e. The summed E-state index contributed by atoms with van der Waals surface area (Å²) in [6.07, 6.45) is 4.79. The summed E-state index contributed by atoms with van der Waals surface area (Å²) in [6.45, 7) is 8.49. The molecule has 8 heteroatoms. The number of nitrogens with zero attached hydrogens (tertiary/aromatic N) is 3. The summed E-state index contributed by atoms with van der Waals surface area (Å²) < 4.78 is 27.6. The van der Waals surface area contributed by atoms with E-state index in [0.717, 1.165) is 49.2 Å². The minimum absolute atomic E-state index is 0.0276. The Labute approximate surface area is 261 Å². The number of amides is 1. The third kappa shape index (κ3) is 6.48. The number of rotatable bonds is 8. The molecule has 4 aromatic rings. The molecule has 3 aromatic carbocycles. The van der Waals surface area contributed by atoms with Gasteiger partial charge in [-0.25, -0.2) is 12.7 Å². The lowest BCUT2D eigenvalue weighted by molar-refractivity contribution is -0.122. The van der Waals surface area contributed by atoms with Crippen molar-refractivity contribution in [3.05, 3.63) is 95.1 Å². The van der Waals surface area contributed by atoms with Crippen molar-refractivity contribution in [2.45, 2.75) is 64.6 Å². The van der Waals surface area contributed by atoms with E-state index in [1.807, 2.05) is 12.1 Å². The van der Waals surface area contributed by atoms with E-state index in [0.29, 0.717) is 31.8 Å². The maximum Gasteiger partial charge on any atom is 0.240 e. The van der Waals surface area contributed by atoms with Gasteiger partial charge in [0.2, 0.25) is 15.9 Å².